The lowest BCUT2D eigenvalue weighted by molar-refractivity contribution is -0.144. The fourth-order valence-electron chi connectivity index (χ4n) is 1.95. The summed E-state index contributed by atoms with van der Waals surface area (Å²) in [4.78, 5) is 40.8. The fourth-order valence-corrected chi connectivity index (χ4v) is 2.74. The summed E-state index contributed by atoms with van der Waals surface area (Å²) in [5.41, 5.74) is 6.20. The van der Waals surface area contributed by atoms with E-state index in [1.165, 1.54) is 6.08 Å². The molecular weight excluding hydrogens is 325 g/mol. The molecule has 8 nitrogen and oxygen atoms in total. The molecule has 0 spiro atoms. The third-order valence-corrected chi connectivity index (χ3v) is 3.57. The minimum absolute atomic E-state index is 0.0730. The lowest BCUT2D eigenvalue weighted by Gasteiger charge is -2.12. The predicted molar refractivity (Wildman–Crippen MR) is 84.7 cm³/mol. The first-order valence-corrected chi connectivity index (χ1v) is 9.28. The summed E-state index contributed by atoms with van der Waals surface area (Å²) in [6.07, 6.45) is 1.76. The Kier molecular flexibility index (Phi) is 10.7. The number of carbonyl (C=O) groups excluding carboxylic acids is 2. The maximum Gasteiger partial charge on any atom is 0.329 e. The second-order valence-corrected chi connectivity index (χ2v) is 6.62. The summed E-state index contributed by atoms with van der Waals surface area (Å²) in [7, 11) is -4.26. The average molecular weight is 351 g/mol. The van der Waals surface area contributed by atoms with Gasteiger partial charge in [0.15, 0.2) is 0 Å². The van der Waals surface area contributed by atoms with Gasteiger partial charge in [0.25, 0.3) is 0 Å². The topological polar surface area (TPSA) is 136 Å². The zero-order valence-corrected chi connectivity index (χ0v) is 14.5. The highest BCUT2D eigenvalue weighted by atomic mass is 31.2. The SMILES string of the molecule is CCOC(=O)CCC/C(=C/C(N)CC(=O)OCC)CP(=O)(O)O. The van der Waals surface area contributed by atoms with Crippen LogP contribution in [0, 0.1) is 0 Å². The first kappa shape index (κ1) is 21.8. The number of esters is 2. The number of hydrogen-bond acceptors (Lipinski definition) is 6. The summed E-state index contributed by atoms with van der Waals surface area (Å²) in [5, 5.41) is 0. The van der Waals surface area contributed by atoms with Crippen molar-refractivity contribution in [1.29, 1.82) is 0 Å². The number of allylic oxidation sites excluding steroid dienone is 1. The summed E-state index contributed by atoms with van der Waals surface area (Å²) in [5.74, 6) is -0.836. The molecule has 0 aliphatic rings. The van der Waals surface area contributed by atoms with Crippen LogP contribution in [0.3, 0.4) is 0 Å². The Morgan fingerprint density at radius 3 is 2.22 bits per heavy atom. The molecule has 0 amide bonds. The largest absolute Gasteiger partial charge is 0.466 e. The van der Waals surface area contributed by atoms with Gasteiger partial charge in [0.1, 0.15) is 0 Å². The van der Waals surface area contributed by atoms with E-state index in [-0.39, 0.29) is 32.0 Å². The molecule has 0 aromatic heterocycles. The molecule has 9 heteroatoms. The van der Waals surface area contributed by atoms with Gasteiger partial charge in [0.05, 0.1) is 25.8 Å². The first-order chi connectivity index (χ1) is 10.7. The summed E-state index contributed by atoms with van der Waals surface area (Å²) < 4.78 is 20.7. The van der Waals surface area contributed by atoms with Crippen LogP contribution in [-0.4, -0.2) is 47.1 Å². The summed E-state index contributed by atoms with van der Waals surface area (Å²) in [6, 6.07) is -0.696. The molecule has 0 heterocycles. The van der Waals surface area contributed by atoms with Gasteiger partial charge in [-0.25, -0.2) is 0 Å². The van der Waals surface area contributed by atoms with Crippen molar-refractivity contribution in [1.82, 2.24) is 0 Å². The highest BCUT2D eigenvalue weighted by Crippen LogP contribution is 2.38. The number of hydrogen-bond donors (Lipinski definition) is 3. The Labute approximate surface area is 136 Å². The molecule has 23 heavy (non-hydrogen) atoms. The van der Waals surface area contributed by atoms with Gasteiger partial charge >= 0.3 is 19.5 Å². The van der Waals surface area contributed by atoms with E-state index in [2.05, 4.69) is 0 Å². The highest BCUT2D eigenvalue weighted by Gasteiger charge is 2.18. The lowest BCUT2D eigenvalue weighted by atomic mass is 10.1. The van der Waals surface area contributed by atoms with Crippen LogP contribution in [-0.2, 0) is 23.6 Å². The summed E-state index contributed by atoms with van der Waals surface area (Å²) >= 11 is 0. The Morgan fingerprint density at radius 1 is 1.13 bits per heavy atom. The molecule has 1 unspecified atom stereocenters. The van der Waals surface area contributed by atoms with Gasteiger partial charge in [0, 0.05) is 12.5 Å². The predicted octanol–water partition coefficient (Wildman–Crippen LogP) is 1.10. The standard InChI is InChI=1S/C14H26NO7P/c1-3-21-13(16)7-5-6-11(10-23(18,19)20)8-12(15)9-14(17)22-4-2/h8,12H,3-7,9-10,15H2,1-2H3,(H2,18,19,20)/b11-8-. The number of nitrogens with two attached hydrogens (primary N) is 1. The normalized spacial score (nSPS) is 13.5. The van der Waals surface area contributed by atoms with E-state index < -0.39 is 25.8 Å². The van der Waals surface area contributed by atoms with Crippen LogP contribution in [0.1, 0.15) is 39.5 Å². The van der Waals surface area contributed by atoms with Gasteiger partial charge in [-0.1, -0.05) is 11.6 Å². The van der Waals surface area contributed by atoms with Crippen LogP contribution in [0.15, 0.2) is 11.6 Å². The molecule has 0 aromatic carbocycles. The van der Waals surface area contributed by atoms with Gasteiger partial charge in [-0.15, -0.1) is 0 Å². The molecule has 0 saturated carbocycles. The van der Waals surface area contributed by atoms with Crippen molar-refractivity contribution in [2.45, 2.75) is 45.6 Å². The van der Waals surface area contributed by atoms with Crippen molar-refractivity contribution >= 4 is 19.5 Å². The van der Waals surface area contributed by atoms with Crippen molar-refractivity contribution in [3.8, 4) is 0 Å². The Morgan fingerprint density at radius 2 is 1.70 bits per heavy atom. The van der Waals surface area contributed by atoms with Gasteiger partial charge < -0.3 is 25.0 Å². The van der Waals surface area contributed by atoms with Crippen molar-refractivity contribution in [3.05, 3.63) is 11.6 Å². The monoisotopic (exact) mass is 351 g/mol. The summed E-state index contributed by atoms with van der Waals surface area (Å²) in [6.45, 7) is 3.90. The van der Waals surface area contributed by atoms with E-state index >= 15 is 0 Å². The number of carbonyl (C=O) groups is 2. The van der Waals surface area contributed by atoms with Crippen molar-refractivity contribution in [3.63, 3.8) is 0 Å². The minimum atomic E-state index is -4.26. The van der Waals surface area contributed by atoms with Gasteiger partial charge in [-0.05, 0) is 26.7 Å². The molecule has 0 aliphatic carbocycles. The highest BCUT2D eigenvalue weighted by molar-refractivity contribution is 7.52. The Balaban J connectivity index is 4.66. The van der Waals surface area contributed by atoms with Crippen molar-refractivity contribution in [2.24, 2.45) is 5.73 Å². The number of rotatable bonds is 11. The molecule has 0 radical (unpaired) electrons. The molecule has 0 aliphatic heterocycles. The minimum Gasteiger partial charge on any atom is -0.466 e. The van der Waals surface area contributed by atoms with Gasteiger partial charge in [-0.2, -0.15) is 0 Å². The lowest BCUT2D eigenvalue weighted by Crippen LogP contribution is -2.23. The van der Waals surface area contributed by atoms with Crippen LogP contribution in [0.5, 0.6) is 0 Å². The molecule has 0 aromatic rings. The van der Waals surface area contributed by atoms with E-state index in [0.29, 0.717) is 18.4 Å². The quantitative estimate of drug-likeness (QED) is 0.286. The van der Waals surface area contributed by atoms with Crippen LogP contribution in [0.4, 0.5) is 0 Å². The molecule has 0 fully saturated rings. The second-order valence-electron chi connectivity index (χ2n) is 4.98. The van der Waals surface area contributed by atoms with Crippen molar-refractivity contribution in [2.75, 3.05) is 19.4 Å². The van der Waals surface area contributed by atoms with E-state index in [1.807, 2.05) is 0 Å². The van der Waals surface area contributed by atoms with E-state index in [1.54, 1.807) is 13.8 Å². The zero-order chi connectivity index (χ0) is 17.9. The van der Waals surface area contributed by atoms with Gasteiger partial charge in [0.2, 0.25) is 0 Å². The van der Waals surface area contributed by atoms with Crippen LogP contribution in [0.2, 0.25) is 0 Å². The average Bonchev–Trinajstić information content (AvgIpc) is 2.36. The Hall–Kier alpha value is -1.21. The second kappa shape index (κ2) is 11.3. The van der Waals surface area contributed by atoms with Crippen LogP contribution < -0.4 is 5.73 Å². The molecule has 0 saturated heterocycles. The molecule has 0 rings (SSSR count). The van der Waals surface area contributed by atoms with Crippen LogP contribution >= 0.6 is 7.60 Å². The third-order valence-electron chi connectivity index (χ3n) is 2.75. The first-order valence-electron chi connectivity index (χ1n) is 7.48. The fraction of sp³-hybridized carbons (Fsp3) is 0.714. The molecule has 1 atom stereocenters. The maximum absolute atomic E-state index is 11.3. The van der Waals surface area contributed by atoms with Gasteiger partial charge in [-0.3, -0.25) is 14.2 Å². The third kappa shape index (κ3) is 13.0. The van der Waals surface area contributed by atoms with Crippen molar-refractivity contribution < 1.29 is 33.4 Å². The molecule has 134 valence electrons. The Bertz CT molecular complexity index is 458. The number of ether oxygens (including phenoxy) is 2. The molecule has 0 bridgehead atoms. The smallest absolute Gasteiger partial charge is 0.329 e. The molecular formula is C14H26NO7P. The molecule has 4 N–H and O–H groups in total. The van der Waals surface area contributed by atoms with E-state index in [0.717, 1.165) is 0 Å². The zero-order valence-electron chi connectivity index (χ0n) is 13.6. The van der Waals surface area contributed by atoms with E-state index in [4.69, 9.17) is 25.0 Å². The van der Waals surface area contributed by atoms with E-state index in [9.17, 15) is 14.2 Å². The maximum atomic E-state index is 11.3. The van der Waals surface area contributed by atoms with Crippen LogP contribution in [0.25, 0.3) is 0 Å².